The summed E-state index contributed by atoms with van der Waals surface area (Å²) >= 11 is 7.23. The molecule has 4 nitrogen and oxygen atoms in total. The quantitative estimate of drug-likeness (QED) is 0.610. The van der Waals surface area contributed by atoms with Gasteiger partial charge in [-0.3, -0.25) is 4.79 Å². The second kappa shape index (κ2) is 8.78. The number of ether oxygens (including phenoxy) is 1. The Morgan fingerprint density at radius 1 is 1.15 bits per heavy atom. The highest BCUT2D eigenvalue weighted by molar-refractivity contribution is 7.13. The molecule has 0 aliphatic carbocycles. The van der Waals surface area contributed by atoms with E-state index < -0.39 is 0 Å². The first-order chi connectivity index (χ1) is 12.6. The van der Waals surface area contributed by atoms with Gasteiger partial charge in [0.15, 0.2) is 0 Å². The lowest BCUT2D eigenvalue weighted by Crippen LogP contribution is -2.29. The van der Waals surface area contributed by atoms with Crippen LogP contribution in [0.5, 0.6) is 5.75 Å². The number of hydrogen-bond donors (Lipinski definition) is 1. The van der Waals surface area contributed by atoms with Gasteiger partial charge in [0.25, 0.3) is 0 Å². The fourth-order valence-corrected chi connectivity index (χ4v) is 3.18. The van der Waals surface area contributed by atoms with E-state index in [2.05, 4.69) is 10.3 Å². The molecule has 2 aromatic carbocycles. The smallest absolute Gasteiger partial charge is 0.226 e. The van der Waals surface area contributed by atoms with E-state index in [1.807, 2.05) is 5.38 Å². The molecule has 134 valence electrons. The van der Waals surface area contributed by atoms with Crippen LogP contribution >= 0.6 is 22.9 Å². The molecule has 0 aliphatic heterocycles. The molecule has 0 spiro atoms. The summed E-state index contributed by atoms with van der Waals surface area (Å²) in [5, 5.41) is 6.04. The highest BCUT2D eigenvalue weighted by Gasteiger charge is 2.09. The third kappa shape index (κ3) is 5.28. The number of carbonyl (C=O) groups is 1. The minimum atomic E-state index is -0.286. The molecule has 26 heavy (non-hydrogen) atoms. The summed E-state index contributed by atoms with van der Waals surface area (Å²) in [5.74, 6) is 0.290. The normalized spacial score (nSPS) is 10.5. The van der Waals surface area contributed by atoms with Crippen LogP contribution in [-0.4, -0.2) is 24.0 Å². The predicted molar refractivity (Wildman–Crippen MR) is 101 cm³/mol. The third-order valence-electron chi connectivity index (χ3n) is 3.49. The van der Waals surface area contributed by atoms with Crippen LogP contribution in [0.15, 0.2) is 53.9 Å². The van der Waals surface area contributed by atoms with Crippen molar-refractivity contribution in [2.45, 2.75) is 6.42 Å². The van der Waals surface area contributed by atoms with Crippen molar-refractivity contribution < 1.29 is 13.9 Å². The number of rotatable bonds is 7. The van der Waals surface area contributed by atoms with E-state index in [9.17, 15) is 9.18 Å². The SMILES string of the molecule is O=C(Cc1csc(-c2ccc(F)cc2)n1)NCCOc1ccc(Cl)cc1. The average molecular weight is 391 g/mol. The highest BCUT2D eigenvalue weighted by Crippen LogP contribution is 2.24. The van der Waals surface area contributed by atoms with Crippen molar-refractivity contribution in [1.82, 2.24) is 10.3 Å². The van der Waals surface area contributed by atoms with Gasteiger partial charge in [-0.15, -0.1) is 11.3 Å². The first-order valence-electron chi connectivity index (χ1n) is 7.95. The van der Waals surface area contributed by atoms with Crippen LogP contribution in [0.25, 0.3) is 10.6 Å². The Balaban J connectivity index is 1.43. The number of aromatic nitrogens is 1. The van der Waals surface area contributed by atoms with Crippen molar-refractivity contribution in [3.63, 3.8) is 0 Å². The van der Waals surface area contributed by atoms with E-state index in [0.29, 0.717) is 29.6 Å². The van der Waals surface area contributed by atoms with Gasteiger partial charge in [-0.2, -0.15) is 0 Å². The van der Waals surface area contributed by atoms with Gasteiger partial charge in [0.05, 0.1) is 18.7 Å². The molecule has 1 aromatic heterocycles. The van der Waals surface area contributed by atoms with E-state index in [-0.39, 0.29) is 18.1 Å². The molecule has 1 N–H and O–H groups in total. The largest absolute Gasteiger partial charge is 0.492 e. The van der Waals surface area contributed by atoms with E-state index in [1.165, 1.54) is 23.5 Å². The Bertz CT molecular complexity index is 866. The van der Waals surface area contributed by atoms with Crippen molar-refractivity contribution in [1.29, 1.82) is 0 Å². The summed E-state index contributed by atoms with van der Waals surface area (Å²) in [5.41, 5.74) is 1.52. The summed E-state index contributed by atoms with van der Waals surface area (Å²) in [7, 11) is 0. The van der Waals surface area contributed by atoms with Crippen molar-refractivity contribution in [3.05, 3.63) is 70.4 Å². The fraction of sp³-hybridized carbons (Fsp3) is 0.158. The van der Waals surface area contributed by atoms with Crippen molar-refractivity contribution in [2.75, 3.05) is 13.2 Å². The molecule has 1 heterocycles. The third-order valence-corrected chi connectivity index (χ3v) is 4.68. The average Bonchev–Trinajstić information content (AvgIpc) is 3.09. The zero-order valence-electron chi connectivity index (χ0n) is 13.7. The number of thiazole rings is 1. The van der Waals surface area contributed by atoms with Crippen molar-refractivity contribution >= 4 is 28.8 Å². The number of benzene rings is 2. The molecule has 0 fully saturated rings. The second-order valence-corrected chi connectivity index (χ2v) is 6.77. The van der Waals surface area contributed by atoms with Crippen LogP contribution in [-0.2, 0) is 11.2 Å². The van der Waals surface area contributed by atoms with Gasteiger partial charge in [-0.05, 0) is 48.5 Å². The summed E-state index contributed by atoms with van der Waals surface area (Å²) in [4.78, 5) is 16.4. The molecule has 0 radical (unpaired) electrons. The van der Waals surface area contributed by atoms with Crippen LogP contribution in [0.3, 0.4) is 0 Å². The molecular formula is C19H16ClFN2O2S. The molecular weight excluding hydrogens is 375 g/mol. The Kier molecular flexibility index (Phi) is 6.20. The lowest BCUT2D eigenvalue weighted by atomic mass is 10.2. The molecule has 3 rings (SSSR count). The van der Waals surface area contributed by atoms with Gasteiger partial charge < -0.3 is 10.1 Å². The van der Waals surface area contributed by atoms with E-state index >= 15 is 0 Å². The number of hydrogen-bond acceptors (Lipinski definition) is 4. The zero-order valence-corrected chi connectivity index (χ0v) is 15.3. The molecule has 0 saturated heterocycles. The maximum atomic E-state index is 13.0. The van der Waals surface area contributed by atoms with Gasteiger partial charge in [-0.25, -0.2) is 9.37 Å². The Morgan fingerprint density at radius 3 is 2.62 bits per heavy atom. The standard InChI is InChI=1S/C19H16ClFN2O2S/c20-14-3-7-17(8-4-14)25-10-9-22-18(24)11-16-12-26-19(23-16)13-1-5-15(21)6-2-13/h1-8,12H,9-11H2,(H,22,24). The summed E-state index contributed by atoms with van der Waals surface area (Å²) in [6.45, 7) is 0.766. The molecule has 3 aromatic rings. The molecule has 1 amide bonds. The van der Waals surface area contributed by atoms with Gasteiger partial charge in [-0.1, -0.05) is 11.6 Å². The fourth-order valence-electron chi connectivity index (χ4n) is 2.23. The minimum absolute atomic E-state index is 0.124. The second-order valence-electron chi connectivity index (χ2n) is 5.48. The minimum Gasteiger partial charge on any atom is -0.492 e. The van der Waals surface area contributed by atoms with E-state index in [4.69, 9.17) is 16.3 Å². The first kappa shape index (κ1) is 18.4. The zero-order chi connectivity index (χ0) is 18.4. The Hall–Kier alpha value is -2.44. The molecule has 0 unspecified atom stereocenters. The Morgan fingerprint density at radius 2 is 1.88 bits per heavy atom. The highest BCUT2D eigenvalue weighted by atomic mass is 35.5. The number of halogens is 2. The van der Waals surface area contributed by atoms with Gasteiger partial charge in [0.2, 0.25) is 5.91 Å². The van der Waals surface area contributed by atoms with Crippen LogP contribution in [0.4, 0.5) is 4.39 Å². The molecule has 0 saturated carbocycles. The summed E-state index contributed by atoms with van der Waals surface area (Å²) < 4.78 is 18.5. The van der Waals surface area contributed by atoms with Crippen LogP contribution in [0.2, 0.25) is 5.02 Å². The molecule has 0 bridgehead atoms. The van der Waals surface area contributed by atoms with E-state index in [1.54, 1.807) is 36.4 Å². The first-order valence-corrected chi connectivity index (χ1v) is 9.21. The Labute approximate surface area is 159 Å². The molecule has 0 atom stereocenters. The topological polar surface area (TPSA) is 51.2 Å². The summed E-state index contributed by atoms with van der Waals surface area (Å²) in [6, 6.07) is 13.2. The van der Waals surface area contributed by atoms with Crippen molar-refractivity contribution in [2.24, 2.45) is 0 Å². The van der Waals surface area contributed by atoms with Gasteiger partial charge in [0, 0.05) is 16.0 Å². The molecule has 7 heteroatoms. The van der Waals surface area contributed by atoms with E-state index in [0.717, 1.165) is 10.6 Å². The molecule has 0 aliphatic rings. The lowest BCUT2D eigenvalue weighted by Gasteiger charge is -2.07. The maximum absolute atomic E-state index is 13.0. The van der Waals surface area contributed by atoms with Crippen molar-refractivity contribution in [3.8, 4) is 16.3 Å². The van der Waals surface area contributed by atoms with Crippen LogP contribution in [0, 0.1) is 5.82 Å². The lowest BCUT2D eigenvalue weighted by molar-refractivity contribution is -0.120. The number of nitrogens with zero attached hydrogens (tertiary/aromatic N) is 1. The van der Waals surface area contributed by atoms with Crippen LogP contribution < -0.4 is 10.1 Å². The number of nitrogens with one attached hydrogen (secondary N) is 1. The van der Waals surface area contributed by atoms with Gasteiger partial charge in [0.1, 0.15) is 23.2 Å². The summed E-state index contributed by atoms with van der Waals surface area (Å²) in [6.07, 6.45) is 0.193. The predicted octanol–water partition coefficient (Wildman–Crippen LogP) is 4.34. The maximum Gasteiger partial charge on any atom is 0.226 e. The number of amides is 1. The monoisotopic (exact) mass is 390 g/mol. The number of carbonyl (C=O) groups excluding carboxylic acids is 1. The van der Waals surface area contributed by atoms with Gasteiger partial charge >= 0.3 is 0 Å². The van der Waals surface area contributed by atoms with Crippen LogP contribution in [0.1, 0.15) is 5.69 Å².